The van der Waals surface area contributed by atoms with Crippen LogP contribution in [-0.4, -0.2) is 25.1 Å². The molecular formula is C26H33ClN2O2. The highest BCUT2D eigenvalue weighted by Crippen LogP contribution is 2.37. The second-order valence-electron chi connectivity index (χ2n) is 8.97. The lowest BCUT2D eigenvalue weighted by Crippen LogP contribution is -2.39. The zero-order valence-electron chi connectivity index (χ0n) is 18.8. The van der Waals surface area contributed by atoms with Gasteiger partial charge in [-0.3, -0.25) is 0 Å². The van der Waals surface area contributed by atoms with E-state index in [-0.39, 0.29) is 5.41 Å². The van der Waals surface area contributed by atoms with Crippen LogP contribution in [0.5, 0.6) is 11.5 Å². The molecule has 0 aromatic heterocycles. The van der Waals surface area contributed by atoms with E-state index in [4.69, 9.17) is 26.8 Å². The fourth-order valence-electron chi connectivity index (χ4n) is 4.17. The molecule has 5 heteroatoms. The number of nitrogens with two attached hydrogens (primary N) is 1. The summed E-state index contributed by atoms with van der Waals surface area (Å²) in [6.07, 6.45) is 3.94. The van der Waals surface area contributed by atoms with Crippen molar-refractivity contribution >= 4 is 11.6 Å². The highest BCUT2D eigenvalue weighted by molar-refractivity contribution is 6.18. The predicted octanol–water partition coefficient (Wildman–Crippen LogP) is 5.57. The quantitative estimate of drug-likeness (QED) is 0.490. The number of hydrogen-bond acceptors (Lipinski definition) is 4. The average molecular weight is 441 g/mol. The van der Waals surface area contributed by atoms with Gasteiger partial charge in [0.1, 0.15) is 24.2 Å². The van der Waals surface area contributed by atoms with Gasteiger partial charge < -0.3 is 15.2 Å². The van der Waals surface area contributed by atoms with Crippen LogP contribution >= 0.6 is 11.6 Å². The van der Waals surface area contributed by atoms with Crippen molar-refractivity contribution in [3.8, 4) is 17.6 Å². The van der Waals surface area contributed by atoms with Crippen LogP contribution in [-0.2, 0) is 11.8 Å². The lowest BCUT2D eigenvalue weighted by molar-refractivity contribution is 0.160. The number of alkyl halides is 1. The van der Waals surface area contributed by atoms with Gasteiger partial charge in [-0.15, -0.1) is 11.6 Å². The molecule has 1 aliphatic carbocycles. The standard InChI is InChI=1S/C26H33ClN2O2/c1-4-5-19-14-22(15-20(16-28)25(19)30-11-10-27)26(2,3)21-6-8-24(9-7-21)31-17-18-12-23(29)13-18/h6-9,14-15,18,23H,4-5,10-13,17,29H2,1-3H3. The summed E-state index contributed by atoms with van der Waals surface area (Å²) in [7, 11) is 0. The molecule has 0 heterocycles. The van der Waals surface area contributed by atoms with E-state index >= 15 is 0 Å². The molecule has 0 bridgehead atoms. The second kappa shape index (κ2) is 10.4. The summed E-state index contributed by atoms with van der Waals surface area (Å²) in [5, 5.41) is 9.77. The molecule has 1 aliphatic rings. The van der Waals surface area contributed by atoms with Gasteiger partial charge in [-0.2, -0.15) is 5.26 Å². The Morgan fingerprint density at radius 3 is 2.42 bits per heavy atom. The van der Waals surface area contributed by atoms with Crippen LogP contribution < -0.4 is 15.2 Å². The van der Waals surface area contributed by atoms with E-state index in [1.165, 1.54) is 5.56 Å². The van der Waals surface area contributed by atoms with Crippen LogP contribution in [0.25, 0.3) is 0 Å². The molecule has 0 spiro atoms. The van der Waals surface area contributed by atoms with Gasteiger partial charge in [-0.25, -0.2) is 0 Å². The monoisotopic (exact) mass is 440 g/mol. The number of ether oxygens (including phenoxy) is 2. The van der Waals surface area contributed by atoms with E-state index in [2.05, 4.69) is 45.0 Å². The topological polar surface area (TPSA) is 68.3 Å². The molecule has 0 radical (unpaired) electrons. The summed E-state index contributed by atoms with van der Waals surface area (Å²) in [6, 6.07) is 15.1. The molecule has 3 rings (SSSR count). The number of hydrogen-bond donors (Lipinski definition) is 1. The van der Waals surface area contributed by atoms with E-state index in [0.717, 1.165) is 49.2 Å². The van der Waals surface area contributed by atoms with Gasteiger partial charge in [0.15, 0.2) is 0 Å². The third-order valence-corrected chi connectivity index (χ3v) is 6.34. The van der Waals surface area contributed by atoms with Crippen LogP contribution in [0.15, 0.2) is 36.4 Å². The normalized spacial score (nSPS) is 18.2. The minimum absolute atomic E-state index is 0.265. The Morgan fingerprint density at radius 1 is 1.13 bits per heavy atom. The van der Waals surface area contributed by atoms with Gasteiger partial charge >= 0.3 is 0 Å². The fraction of sp³-hybridized carbons (Fsp3) is 0.500. The molecule has 2 N–H and O–H groups in total. The zero-order chi connectivity index (χ0) is 22.4. The summed E-state index contributed by atoms with van der Waals surface area (Å²) in [4.78, 5) is 0. The molecule has 0 unspecified atom stereocenters. The van der Waals surface area contributed by atoms with E-state index < -0.39 is 0 Å². The van der Waals surface area contributed by atoms with Gasteiger partial charge in [0.05, 0.1) is 18.1 Å². The first-order chi connectivity index (χ1) is 14.9. The Bertz CT molecular complexity index is 912. The average Bonchev–Trinajstić information content (AvgIpc) is 2.75. The first-order valence-electron chi connectivity index (χ1n) is 11.1. The molecule has 0 amide bonds. The van der Waals surface area contributed by atoms with Crippen molar-refractivity contribution in [2.75, 3.05) is 19.1 Å². The van der Waals surface area contributed by atoms with Gasteiger partial charge in [-0.05, 0) is 60.1 Å². The van der Waals surface area contributed by atoms with Crippen molar-refractivity contribution in [1.82, 2.24) is 0 Å². The highest BCUT2D eigenvalue weighted by atomic mass is 35.5. The molecular weight excluding hydrogens is 408 g/mol. The SMILES string of the molecule is CCCc1cc(C(C)(C)c2ccc(OCC3CC(N)C3)cc2)cc(C#N)c1OCCCl. The Balaban J connectivity index is 1.82. The van der Waals surface area contributed by atoms with E-state index in [1.807, 2.05) is 18.2 Å². The molecule has 4 nitrogen and oxygen atoms in total. The van der Waals surface area contributed by atoms with Crippen LogP contribution in [0.4, 0.5) is 0 Å². The van der Waals surface area contributed by atoms with Crippen molar-refractivity contribution in [2.45, 2.75) is 57.9 Å². The number of nitriles is 1. The van der Waals surface area contributed by atoms with Crippen molar-refractivity contribution in [2.24, 2.45) is 11.7 Å². The minimum Gasteiger partial charge on any atom is -0.493 e. The Labute approximate surface area is 191 Å². The summed E-state index contributed by atoms with van der Waals surface area (Å²) in [5.41, 5.74) is 9.49. The third-order valence-electron chi connectivity index (χ3n) is 6.18. The first-order valence-corrected chi connectivity index (χ1v) is 11.7. The molecule has 166 valence electrons. The minimum atomic E-state index is -0.265. The summed E-state index contributed by atoms with van der Waals surface area (Å²) >= 11 is 5.81. The zero-order valence-corrected chi connectivity index (χ0v) is 19.5. The Kier molecular flexibility index (Phi) is 7.86. The number of aryl methyl sites for hydroxylation is 1. The Hall–Kier alpha value is -2.22. The van der Waals surface area contributed by atoms with E-state index in [1.54, 1.807) is 0 Å². The molecule has 0 saturated heterocycles. The predicted molar refractivity (Wildman–Crippen MR) is 126 cm³/mol. The molecule has 1 fully saturated rings. The Morgan fingerprint density at radius 2 is 1.84 bits per heavy atom. The summed E-state index contributed by atoms with van der Waals surface area (Å²) in [6.45, 7) is 7.62. The maximum atomic E-state index is 9.77. The van der Waals surface area contributed by atoms with Crippen molar-refractivity contribution in [3.63, 3.8) is 0 Å². The number of halogens is 1. The van der Waals surface area contributed by atoms with Gasteiger partial charge in [0.25, 0.3) is 0 Å². The van der Waals surface area contributed by atoms with Gasteiger partial charge in [0.2, 0.25) is 0 Å². The summed E-state index contributed by atoms with van der Waals surface area (Å²) < 4.78 is 11.8. The fourth-order valence-corrected chi connectivity index (χ4v) is 4.25. The lowest BCUT2D eigenvalue weighted by atomic mass is 9.76. The van der Waals surface area contributed by atoms with Crippen LogP contribution in [0.3, 0.4) is 0 Å². The smallest absolute Gasteiger partial charge is 0.140 e. The summed E-state index contributed by atoms with van der Waals surface area (Å²) in [5.74, 6) is 2.52. The number of benzene rings is 2. The van der Waals surface area contributed by atoms with Gasteiger partial charge in [0, 0.05) is 11.5 Å². The second-order valence-corrected chi connectivity index (χ2v) is 9.35. The van der Waals surface area contributed by atoms with E-state index in [0.29, 0.717) is 35.8 Å². The van der Waals surface area contributed by atoms with Gasteiger partial charge in [-0.1, -0.05) is 45.4 Å². The maximum Gasteiger partial charge on any atom is 0.140 e. The maximum absolute atomic E-state index is 9.77. The molecule has 0 aliphatic heterocycles. The molecule has 2 aromatic rings. The first kappa shape index (κ1) is 23.4. The van der Waals surface area contributed by atoms with Crippen LogP contribution in [0.1, 0.15) is 62.3 Å². The molecule has 2 aromatic carbocycles. The van der Waals surface area contributed by atoms with Crippen LogP contribution in [0.2, 0.25) is 0 Å². The van der Waals surface area contributed by atoms with Crippen molar-refractivity contribution in [3.05, 3.63) is 58.7 Å². The number of nitrogens with zero attached hydrogens (tertiary/aromatic N) is 1. The highest BCUT2D eigenvalue weighted by Gasteiger charge is 2.27. The number of rotatable bonds is 10. The molecule has 31 heavy (non-hydrogen) atoms. The largest absolute Gasteiger partial charge is 0.493 e. The van der Waals surface area contributed by atoms with Crippen molar-refractivity contribution in [1.29, 1.82) is 5.26 Å². The van der Waals surface area contributed by atoms with Crippen molar-refractivity contribution < 1.29 is 9.47 Å². The van der Waals surface area contributed by atoms with E-state index in [9.17, 15) is 5.26 Å². The molecule has 0 atom stereocenters. The lowest BCUT2D eigenvalue weighted by Gasteiger charge is -2.32. The molecule has 1 saturated carbocycles. The third kappa shape index (κ3) is 5.53. The van der Waals surface area contributed by atoms with Crippen LogP contribution in [0, 0.1) is 17.2 Å².